The van der Waals surface area contributed by atoms with Crippen molar-refractivity contribution in [2.75, 3.05) is 18.4 Å². The number of rotatable bonds is 4. The summed E-state index contributed by atoms with van der Waals surface area (Å²) in [5.41, 5.74) is 2.70. The van der Waals surface area contributed by atoms with Gasteiger partial charge in [0.1, 0.15) is 5.82 Å². The molecule has 0 bridgehead atoms. The number of nitrogens with one attached hydrogen (secondary N) is 1. The first kappa shape index (κ1) is 18.2. The summed E-state index contributed by atoms with van der Waals surface area (Å²) in [5, 5.41) is 4.78. The van der Waals surface area contributed by atoms with E-state index in [0.29, 0.717) is 28.8 Å². The number of hydrogen-bond acceptors (Lipinski definition) is 4. The van der Waals surface area contributed by atoms with E-state index in [9.17, 15) is 8.42 Å². The molecule has 0 unspecified atom stereocenters. The Morgan fingerprint density at radius 3 is 2.56 bits per heavy atom. The number of benzene rings is 2. The third-order valence-corrected chi connectivity index (χ3v) is 6.94. The number of aryl methyl sites for hydroxylation is 1. The summed E-state index contributed by atoms with van der Waals surface area (Å²) in [4.78, 5) is 4.93. The molecule has 3 aromatic rings. The highest BCUT2D eigenvalue weighted by atomic mass is 35.5. The molecule has 2 aromatic carbocycles. The summed E-state index contributed by atoms with van der Waals surface area (Å²) < 4.78 is 27.0. The zero-order valence-electron chi connectivity index (χ0n) is 14.9. The molecule has 0 atom stereocenters. The lowest BCUT2D eigenvalue weighted by atomic mass is 10.2. The van der Waals surface area contributed by atoms with E-state index < -0.39 is 10.0 Å². The fourth-order valence-corrected chi connectivity index (χ4v) is 5.10. The Morgan fingerprint density at radius 1 is 1.04 bits per heavy atom. The average molecular weight is 402 g/mol. The summed E-state index contributed by atoms with van der Waals surface area (Å²) >= 11 is 6.00. The van der Waals surface area contributed by atoms with Crippen molar-refractivity contribution in [2.45, 2.75) is 24.7 Å². The normalized spacial score (nSPS) is 15.3. The molecule has 0 spiro atoms. The van der Waals surface area contributed by atoms with E-state index in [4.69, 9.17) is 11.6 Å². The first-order chi connectivity index (χ1) is 12.9. The van der Waals surface area contributed by atoms with Gasteiger partial charge in [0.15, 0.2) is 0 Å². The van der Waals surface area contributed by atoms with Crippen LogP contribution in [0.5, 0.6) is 0 Å². The minimum Gasteiger partial charge on any atom is -0.340 e. The van der Waals surface area contributed by atoms with E-state index in [1.54, 1.807) is 22.5 Å². The molecule has 0 amide bonds. The van der Waals surface area contributed by atoms with Crippen molar-refractivity contribution in [2.24, 2.45) is 0 Å². The molecule has 0 radical (unpaired) electrons. The Hall–Kier alpha value is -2.15. The van der Waals surface area contributed by atoms with Crippen molar-refractivity contribution < 1.29 is 8.42 Å². The molecule has 7 heteroatoms. The SMILES string of the molecule is Cc1cc(Cl)ccc1Nc1ccc2cc(S(=O)(=O)N3CCCC3)ccc2n1. The van der Waals surface area contributed by atoms with Crippen LogP contribution < -0.4 is 5.32 Å². The van der Waals surface area contributed by atoms with Crippen molar-refractivity contribution in [1.29, 1.82) is 0 Å². The fourth-order valence-electron chi connectivity index (χ4n) is 3.32. The Labute approximate surface area is 164 Å². The number of anilines is 2. The number of hydrogen-bond donors (Lipinski definition) is 1. The Balaban J connectivity index is 1.64. The monoisotopic (exact) mass is 401 g/mol. The van der Waals surface area contributed by atoms with Gasteiger partial charge in [0.2, 0.25) is 10.0 Å². The van der Waals surface area contributed by atoms with Crippen LogP contribution in [-0.2, 0) is 10.0 Å². The van der Waals surface area contributed by atoms with E-state index in [2.05, 4.69) is 10.3 Å². The number of nitrogens with zero attached hydrogens (tertiary/aromatic N) is 2. The molecule has 1 aliphatic rings. The molecule has 140 valence electrons. The maximum Gasteiger partial charge on any atom is 0.243 e. The van der Waals surface area contributed by atoms with Gasteiger partial charge in [0, 0.05) is 29.2 Å². The van der Waals surface area contributed by atoms with Gasteiger partial charge in [-0.25, -0.2) is 13.4 Å². The lowest BCUT2D eigenvalue weighted by Gasteiger charge is -2.16. The predicted molar refractivity (Wildman–Crippen MR) is 109 cm³/mol. The van der Waals surface area contributed by atoms with E-state index >= 15 is 0 Å². The van der Waals surface area contributed by atoms with E-state index in [-0.39, 0.29) is 0 Å². The molecule has 5 nitrogen and oxygen atoms in total. The second kappa shape index (κ2) is 7.11. The summed E-state index contributed by atoms with van der Waals surface area (Å²) in [6.07, 6.45) is 1.85. The van der Waals surface area contributed by atoms with Gasteiger partial charge in [0.25, 0.3) is 0 Å². The summed E-state index contributed by atoms with van der Waals surface area (Å²) in [6, 6.07) is 14.5. The van der Waals surface area contributed by atoms with Crippen LogP contribution in [0.3, 0.4) is 0 Å². The van der Waals surface area contributed by atoms with Crippen molar-refractivity contribution >= 4 is 44.0 Å². The van der Waals surface area contributed by atoms with E-state index in [0.717, 1.165) is 35.0 Å². The molecule has 1 aromatic heterocycles. The van der Waals surface area contributed by atoms with Crippen molar-refractivity contribution in [1.82, 2.24) is 9.29 Å². The highest BCUT2D eigenvalue weighted by Gasteiger charge is 2.27. The number of pyridine rings is 1. The Morgan fingerprint density at radius 2 is 1.81 bits per heavy atom. The third kappa shape index (κ3) is 3.65. The average Bonchev–Trinajstić information content (AvgIpc) is 3.19. The van der Waals surface area contributed by atoms with Crippen LogP contribution in [0.2, 0.25) is 5.02 Å². The quantitative estimate of drug-likeness (QED) is 0.686. The van der Waals surface area contributed by atoms with Crippen LogP contribution in [0.25, 0.3) is 10.9 Å². The molecule has 0 saturated carbocycles. The highest BCUT2D eigenvalue weighted by Crippen LogP contribution is 2.27. The van der Waals surface area contributed by atoms with Crippen LogP contribution in [-0.4, -0.2) is 30.8 Å². The Bertz CT molecular complexity index is 1110. The highest BCUT2D eigenvalue weighted by molar-refractivity contribution is 7.89. The number of halogens is 1. The lowest BCUT2D eigenvalue weighted by Crippen LogP contribution is -2.27. The van der Waals surface area contributed by atoms with Gasteiger partial charge < -0.3 is 5.32 Å². The summed E-state index contributed by atoms with van der Waals surface area (Å²) in [7, 11) is -3.42. The van der Waals surface area contributed by atoms with Gasteiger partial charge in [-0.15, -0.1) is 0 Å². The summed E-state index contributed by atoms with van der Waals surface area (Å²) in [5.74, 6) is 0.697. The predicted octanol–water partition coefficient (Wildman–Crippen LogP) is 4.72. The molecule has 4 rings (SSSR count). The fraction of sp³-hybridized carbons (Fsp3) is 0.250. The number of fused-ring (bicyclic) bond motifs is 1. The standard InChI is InChI=1S/C20H20ClN3O2S/c1-14-12-16(21)5-7-18(14)22-20-9-4-15-13-17(6-8-19(15)23-20)27(25,26)24-10-2-3-11-24/h4-9,12-13H,2-3,10-11H2,1H3,(H,22,23). The molecular weight excluding hydrogens is 382 g/mol. The van der Waals surface area contributed by atoms with Crippen LogP contribution >= 0.6 is 11.6 Å². The number of sulfonamides is 1. The second-order valence-electron chi connectivity index (χ2n) is 6.75. The molecule has 0 aliphatic carbocycles. The molecule has 27 heavy (non-hydrogen) atoms. The zero-order valence-corrected chi connectivity index (χ0v) is 16.5. The van der Waals surface area contributed by atoms with Crippen LogP contribution in [0, 0.1) is 6.92 Å². The smallest absolute Gasteiger partial charge is 0.243 e. The minimum absolute atomic E-state index is 0.327. The van der Waals surface area contributed by atoms with E-state index in [1.165, 1.54) is 0 Å². The Kier molecular flexibility index (Phi) is 4.80. The maximum absolute atomic E-state index is 12.7. The van der Waals surface area contributed by atoms with Gasteiger partial charge in [-0.2, -0.15) is 4.31 Å². The molecule has 1 N–H and O–H groups in total. The van der Waals surface area contributed by atoms with Gasteiger partial charge in [-0.3, -0.25) is 0 Å². The van der Waals surface area contributed by atoms with Gasteiger partial charge >= 0.3 is 0 Å². The first-order valence-electron chi connectivity index (χ1n) is 8.88. The van der Waals surface area contributed by atoms with Crippen molar-refractivity contribution in [3.8, 4) is 0 Å². The second-order valence-corrected chi connectivity index (χ2v) is 9.12. The van der Waals surface area contributed by atoms with Crippen molar-refractivity contribution in [3.63, 3.8) is 0 Å². The third-order valence-electron chi connectivity index (χ3n) is 4.81. The topological polar surface area (TPSA) is 62.3 Å². The number of aromatic nitrogens is 1. The maximum atomic E-state index is 12.7. The van der Waals surface area contributed by atoms with Crippen LogP contribution in [0.15, 0.2) is 53.4 Å². The van der Waals surface area contributed by atoms with Crippen molar-refractivity contribution in [3.05, 3.63) is 59.1 Å². The lowest BCUT2D eigenvalue weighted by molar-refractivity contribution is 0.477. The van der Waals surface area contributed by atoms with Crippen LogP contribution in [0.4, 0.5) is 11.5 Å². The van der Waals surface area contributed by atoms with Crippen LogP contribution in [0.1, 0.15) is 18.4 Å². The van der Waals surface area contributed by atoms with E-state index in [1.807, 2.05) is 37.3 Å². The minimum atomic E-state index is -3.42. The largest absolute Gasteiger partial charge is 0.340 e. The molecule has 1 saturated heterocycles. The van der Waals surface area contributed by atoms with Gasteiger partial charge in [-0.05, 0) is 73.9 Å². The molecular formula is C20H20ClN3O2S. The zero-order chi connectivity index (χ0) is 19.0. The molecule has 1 fully saturated rings. The van der Waals surface area contributed by atoms with Gasteiger partial charge in [-0.1, -0.05) is 11.6 Å². The van der Waals surface area contributed by atoms with Gasteiger partial charge in [0.05, 0.1) is 10.4 Å². The first-order valence-corrected chi connectivity index (χ1v) is 10.7. The summed E-state index contributed by atoms with van der Waals surface area (Å²) in [6.45, 7) is 3.18. The molecule has 2 heterocycles. The molecule has 1 aliphatic heterocycles.